The number of rotatable bonds is 4. The van der Waals surface area contributed by atoms with Crippen LogP contribution in [0.15, 0.2) is 36.4 Å². The highest BCUT2D eigenvalue weighted by molar-refractivity contribution is 6.26. The van der Waals surface area contributed by atoms with E-state index in [-0.39, 0.29) is 0 Å². The second-order valence-electron chi connectivity index (χ2n) is 21.7. The van der Waals surface area contributed by atoms with Crippen molar-refractivity contribution in [2.24, 2.45) is 29.1 Å². The van der Waals surface area contributed by atoms with Gasteiger partial charge in [-0.05, 0) is 209 Å². The smallest absolute Gasteiger partial charge is 0.0995 e. The molecule has 8 aliphatic carbocycles. The fourth-order valence-corrected chi connectivity index (χ4v) is 16.2. The maximum atomic E-state index is 11.1. The Hall–Kier alpha value is -4.34. The zero-order chi connectivity index (χ0) is 38.5. The van der Waals surface area contributed by atoms with Gasteiger partial charge in [0.25, 0.3) is 0 Å². The molecule has 0 amide bonds. The summed E-state index contributed by atoms with van der Waals surface area (Å²) < 4.78 is 2.58. The van der Waals surface area contributed by atoms with Gasteiger partial charge in [0, 0.05) is 21.5 Å². The van der Waals surface area contributed by atoms with Crippen molar-refractivity contribution in [2.45, 2.75) is 147 Å². The molecule has 7 atom stereocenters. The predicted octanol–water partition coefficient (Wildman–Crippen LogP) is 14.4. The summed E-state index contributed by atoms with van der Waals surface area (Å²) in [6.45, 7) is 14.2. The molecule has 2 aromatic heterocycles. The van der Waals surface area contributed by atoms with Crippen LogP contribution in [-0.2, 0) is 0 Å². The van der Waals surface area contributed by atoms with Gasteiger partial charge in [0.2, 0.25) is 0 Å². The van der Waals surface area contributed by atoms with Gasteiger partial charge in [0.05, 0.1) is 39.8 Å². The minimum atomic E-state index is 0.390. The highest BCUT2D eigenvalue weighted by Crippen LogP contribution is 2.77. The van der Waals surface area contributed by atoms with E-state index in [4.69, 9.17) is 0 Å². The Balaban J connectivity index is 1.23. The number of nitriles is 2. The minimum Gasteiger partial charge on any atom is -0.308 e. The number of benzene rings is 4. The van der Waals surface area contributed by atoms with Gasteiger partial charge in [0.15, 0.2) is 0 Å². The Morgan fingerprint density at radius 3 is 1.56 bits per heavy atom. The quantitative estimate of drug-likeness (QED) is 0.180. The molecule has 1 spiro atoms. The fourth-order valence-electron chi connectivity index (χ4n) is 16.2. The summed E-state index contributed by atoms with van der Waals surface area (Å²) in [6.07, 6.45) is 13.0. The van der Waals surface area contributed by atoms with E-state index in [1.807, 2.05) is 0 Å². The lowest BCUT2D eigenvalue weighted by Crippen LogP contribution is -2.41. The highest BCUT2D eigenvalue weighted by Gasteiger charge is 2.66. The monoisotopic (exact) mass is 745 g/mol. The molecule has 5 fully saturated rings. The van der Waals surface area contributed by atoms with E-state index in [0.29, 0.717) is 46.8 Å². The molecule has 0 N–H and O–H groups in total. The highest BCUT2D eigenvalue weighted by atomic mass is 14.9. The standard InChI is InChI=1S/C54H55N3/c1-25(2)30-14-40(26(3)4)48(41(15-30)27(5)6)33-16-42-51-44(18-36(23-55)46-31-8-28-7-29(9-31)11-32(10-28)49(46)51)57-45-19-37(24-56)47-34-12-38-20-39-13-35(22-54(38,39)21-34)50(47)52(45)43(17-33)53(42)57/h14-19,25-29,31-32,34-35,38-39H,7-13,20-22H2,1-6H3. The second-order valence-corrected chi connectivity index (χ2v) is 21.7. The van der Waals surface area contributed by atoms with Crippen molar-refractivity contribution < 1.29 is 0 Å². The minimum absolute atomic E-state index is 0.390. The predicted molar refractivity (Wildman–Crippen MR) is 232 cm³/mol. The molecular weight excluding hydrogens is 691 g/mol. The van der Waals surface area contributed by atoms with Crippen LogP contribution in [0.25, 0.3) is 49.2 Å². The molecule has 3 nitrogen and oxygen atoms in total. The van der Waals surface area contributed by atoms with Crippen LogP contribution in [0.1, 0.15) is 197 Å². The molecule has 6 aromatic rings. The van der Waals surface area contributed by atoms with Crippen LogP contribution in [0.3, 0.4) is 0 Å². The number of aromatic nitrogens is 1. The van der Waals surface area contributed by atoms with Gasteiger partial charge < -0.3 is 4.40 Å². The maximum Gasteiger partial charge on any atom is 0.0995 e. The molecule has 0 radical (unpaired) electrons. The molecule has 14 rings (SSSR count). The third-order valence-electron chi connectivity index (χ3n) is 18.1. The van der Waals surface area contributed by atoms with E-state index >= 15 is 0 Å². The lowest BCUT2D eigenvalue weighted by molar-refractivity contribution is 0.00322. The molecule has 0 aliphatic heterocycles. The maximum absolute atomic E-state index is 11.1. The average molecular weight is 746 g/mol. The summed E-state index contributed by atoms with van der Waals surface area (Å²) in [5.74, 6) is 6.56. The van der Waals surface area contributed by atoms with Gasteiger partial charge in [-0.2, -0.15) is 10.5 Å². The molecule has 57 heavy (non-hydrogen) atoms. The summed E-state index contributed by atoms with van der Waals surface area (Å²) in [5, 5.41) is 27.8. The first-order valence-corrected chi connectivity index (χ1v) is 22.9. The van der Waals surface area contributed by atoms with Crippen molar-refractivity contribution in [1.82, 2.24) is 4.40 Å². The third-order valence-corrected chi connectivity index (χ3v) is 18.1. The van der Waals surface area contributed by atoms with E-state index < -0.39 is 0 Å². The first-order chi connectivity index (χ1) is 27.6. The van der Waals surface area contributed by atoms with Crippen molar-refractivity contribution in [3.63, 3.8) is 0 Å². The number of nitrogens with zero attached hydrogens (tertiary/aromatic N) is 3. The van der Waals surface area contributed by atoms with E-state index in [1.54, 1.807) is 5.56 Å². The van der Waals surface area contributed by atoms with Crippen molar-refractivity contribution in [3.05, 3.63) is 86.5 Å². The summed E-state index contributed by atoms with van der Waals surface area (Å²) in [5.41, 5.74) is 19.2. The van der Waals surface area contributed by atoms with Gasteiger partial charge in [-0.3, -0.25) is 0 Å². The SMILES string of the molecule is CC(C)c1cc(C(C)C)c(-c2cc3c4c5c(c(C#N)cc4n4c6cc(C#N)c7c(c6c(c2)c34)C2CC3CC4CC7CC43C2)C2CC3CC(C2)CC5C3)c(C(C)C)c1. The van der Waals surface area contributed by atoms with Crippen LogP contribution >= 0.6 is 0 Å². The molecule has 5 saturated carbocycles. The van der Waals surface area contributed by atoms with Crippen LogP contribution in [0.4, 0.5) is 0 Å². The van der Waals surface area contributed by atoms with E-state index in [0.717, 1.165) is 34.8 Å². The number of hydrogen-bond acceptors (Lipinski definition) is 2. The lowest BCUT2D eigenvalue weighted by Gasteiger charge is -2.48. The Morgan fingerprint density at radius 1 is 0.561 bits per heavy atom. The van der Waals surface area contributed by atoms with Gasteiger partial charge in [-0.25, -0.2) is 0 Å². The summed E-state index contributed by atoms with van der Waals surface area (Å²) in [4.78, 5) is 0. The molecule has 0 saturated heterocycles. The molecule has 3 heteroatoms. The summed E-state index contributed by atoms with van der Waals surface area (Å²) in [7, 11) is 0. The van der Waals surface area contributed by atoms with E-state index in [2.05, 4.69) is 94.5 Å². The van der Waals surface area contributed by atoms with Crippen molar-refractivity contribution in [3.8, 4) is 23.3 Å². The van der Waals surface area contributed by atoms with Crippen LogP contribution in [0.5, 0.6) is 0 Å². The zero-order valence-electron chi connectivity index (χ0n) is 34.7. The summed E-state index contributed by atoms with van der Waals surface area (Å²) >= 11 is 0. The normalized spacial score (nSPS) is 31.5. The van der Waals surface area contributed by atoms with Gasteiger partial charge in [0.1, 0.15) is 0 Å². The Labute approximate surface area is 337 Å². The van der Waals surface area contributed by atoms with E-state index in [9.17, 15) is 10.5 Å². The molecular formula is C54H55N3. The fraction of sp³-hybridized carbons (Fsp3) is 0.519. The Kier molecular flexibility index (Phi) is 6.50. The van der Waals surface area contributed by atoms with Crippen molar-refractivity contribution in [2.75, 3.05) is 0 Å². The zero-order valence-corrected chi connectivity index (χ0v) is 34.7. The molecule has 7 unspecified atom stereocenters. The van der Waals surface area contributed by atoms with Crippen molar-refractivity contribution >= 4 is 38.1 Å². The summed E-state index contributed by atoms with van der Waals surface area (Å²) in [6, 6.07) is 20.6. The van der Waals surface area contributed by atoms with Crippen molar-refractivity contribution in [1.29, 1.82) is 10.5 Å². The van der Waals surface area contributed by atoms with E-state index in [1.165, 1.54) is 147 Å². The molecule has 286 valence electrons. The lowest BCUT2D eigenvalue weighted by atomic mass is 9.56. The van der Waals surface area contributed by atoms with Crippen LogP contribution in [0, 0.1) is 51.7 Å². The second kappa shape index (κ2) is 11.0. The number of fused-ring (bicyclic) bond motifs is 12. The Morgan fingerprint density at radius 2 is 1.05 bits per heavy atom. The first kappa shape index (κ1) is 33.6. The van der Waals surface area contributed by atoms with Gasteiger partial charge in [-0.15, -0.1) is 0 Å². The van der Waals surface area contributed by atoms with Crippen LogP contribution < -0.4 is 0 Å². The largest absolute Gasteiger partial charge is 0.308 e. The van der Waals surface area contributed by atoms with Gasteiger partial charge in [-0.1, -0.05) is 53.7 Å². The molecule has 8 aliphatic rings. The third kappa shape index (κ3) is 4.04. The first-order valence-electron chi connectivity index (χ1n) is 22.9. The number of hydrogen-bond donors (Lipinski definition) is 0. The Bertz CT molecular complexity index is 2840. The molecule has 4 aromatic carbocycles. The topological polar surface area (TPSA) is 52.0 Å². The van der Waals surface area contributed by atoms with Crippen LogP contribution in [0.2, 0.25) is 0 Å². The molecule has 2 heterocycles. The van der Waals surface area contributed by atoms with Gasteiger partial charge >= 0.3 is 0 Å². The average Bonchev–Trinajstić information content (AvgIpc) is 3.82. The van der Waals surface area contributed by atoms with Crippen LogP contribution in [-0.4, -0.2) is 4.40 Å². The molecule has 7 bridgehead atoms.